The van der Waals surface area contributed by atoms with E-state index < -0.39 is 0 Å². The van der Waals surface area contributed by atoms with Crippen LogP contribution in [0.5, 0.6) is 0 Å². The average molecular weight is 327 g/mol. The van der Waals surface area contributed by atoms with Crippen molar-refractivity contribution in [1.82, 2.24) is 19.7 Å². The van der Waals surface area contributed by atoms with Gasteiger partial charge in [0, 0.05) is 13.1 Å². The van der Waals surface area contributed by atoms with Gasteiger partial charge >= 0.3 is 0 Å². The highest BCUT2D eigenvalue weighted by molar-refractivity contribution is 5.87. The number of halogens is 1. The lowest BCUT2D eigenvalue weighted by Gasteiger charge is -2.35. The Labute approximate surface area is 138 Å². The van der Waals surface area contributed by atoms with Gasteiger partial charge in [-0.05, 0) is 24.5 Å². The standard InChI is InChI=1S/C17H18FN5O/c1-11-6-12(24)9-22(8-11)16-13-7-21-23(17(13)20-10-19-16)15-5-3-2-4-14(15)18/h2-5,7,10-12,24H,6,8-9H2,1H3/t11-,12+/m1/s1. The first-order valence-corrected chi connectivity index (χ1v) is 8.00. The van der Waals surface area contributed by atoms with Gasteiger partial charge in [-0.15, -0.1) is 0 Å². The number of aromatic nitrogens is 4. The molecule has 6 nitrogen and oxygen atoms in total. The maximum Gasteiger partial charge on any atom is 0.168 e. The summed E-state index contributed by atoms with van der Waals surface area (Å²) in [6.07, 6.45) is 3.53. The molecule has 2 atom stereocenters. The molecule has 0 saturated carbocycles. The minimum Gasteiger partial charge on any atom is -0.391 e. The van der Waals surface area contributed by atoms with Crippen molar-refractivity contribution >= 4 is 16.9 Å². The second-order valence-electron chi connectivity index (χ2n) is 6.34. The Balaban J connectivity index is 1.81. The molecule has 0 bridgehead atoms. The van der Waals surface area contributed by atoms with Crippen molar-refractivity contribution in [2.45, 2.75) is 19.4 Å². The van der Waals surface area contributed by atoms with E-state index in [0.29, 0.717) is 23.8 Å². The molecule has 24 heavy (non-hydrogen) atoms. The number of rotatable bonds is 2. The van der Waals surface area contributed by atoms with E-state index in [1.807, 2.05) is 0 Å². The van der Waals surface area contributed by atoms with Crippen molar-refractivity contribution in [3.63, 3.8) is 0 Å². The molecule has 1 fully saturated rings. The molecule has 7 heteroatoms. The van der Waals surface area contributed by atoms with Crippen LogP contribution in [0.1, 0.15) is 13.3 Å². The Morgan fingerprint density at radius 3 is 2.83 bits per heavy atom. The van der Waals surface area contributed by atoms with Gasteiger partial charge in [0.05, 0.1) is 17.7 Å². The first-order chi connectivity index (χ1) is 11.6. The fourth-order valence-electron chi connectivity index (χ4n) is 3.38. The summed E-state index contributed by atoms with van der Waals surface area (Å²) in [4.78, 5) is 10.7. The summed E-state index contributed by atoms with van der Waals surface area (Å²) in [5.41, 5.74) is 0.905. The first-order valence-electron chi connectivity index (χ1n) is 8.00. The van der Waals surface area contributed by atoms with E-state index in [0.717, 1.165) is 24.2 Å². The third-order valence-corrected chi connectivity index (χ3v) is 4.36. The van der Waals surface area contributed by atoms with Gasteiger partial charge in [-0.1, -0.05) is 19.1 Å². The van der Waals surface area contributed by atoms with Crippen molar-refractivity contribution in [3.05, 3.63) is 42.6 Å². The SMILES string of the molecule is C[C@@H]1C[C@H](O)CN(c2ncnc3c2cnn3-c2ccccc2F)C1. The van der Waals surface area contributed by atoms with Gasteiger partial charge in [-0.25, -0.2) is 19.0 Å². The molecule has 3 heterocycles. The summed E-state index contributed by atoms with van der Waals surface area (Å²) in [5, 5.41) is 15.1. The summed E-state index contributed by atoms with van der Waals surface area (Å²) in [5.74, 6) is 0.748. The lowest BCUT2D eigenvalue weighted by Crippen LogP contribution is -2.42. The van der Waals surface area contributed by atoms with E-state index >= 15 is 0 Å². The number of para-hydroxylation sites is 1. The van der Waals surface area contributed by atoms with Crippen LogP contribution in [0, 0.1) is 11.7 Å². The Bertz CT molecular complexity index is 870. The minimum atomic E-state index is -0.375. The second-order valence-corrected chi connectivity index (χ2v) is 6.34. The monoisotopic (exact) mass is 327 g/mol. The van der Waals surface area contributed by atoms with Crippen molar-refractivity contribution in [1.29, 1.82) is 0 Å². The molecule has 1 aliphatic heterocycles. The number of aliphatic hydroxyl groups excluding tert-OH is 1. The van der Waals surface area contributed by atoms with E-state index in [1.54, 1.807) is 24.4 Å². The molecule has 1 N–H and O–H groups in total. The van der Waals surface area contributed by atoms with Gasteiger partial charge in [-0.3, -0.25) is 0 Å². The molecular weight excluding hydrogens is 309 g/mol. The number of β-amino-alcohol motifs (C(OH)–C–C–N with tert-alkyl or cyclic N) is 1. The molecule has 2 aromatic heterocycles. The van der Waals surface area contributed by atoms with Gasteiger partial charge in [0.2, 0.25) is 0 Å². The zero-order chi connectivity index (χ0) is 16.7. The molecule has 0 spiro atoms. The molecule has 1 aliphatic rings. The summed E-state index contributed by atoms with van der Waals surface area (Å²) in [6.45, 7) is 3.45. The Kier molecular flexibility index (Phi) is 3.65. The number of hydrogen-bond acceptors (Lipinski definition) is 5. The quantitative estimate of drug-likeness (QED) is 0.781. The largest absolute Gasteiger partial charge is 0.391 e. The lowest BCUT2D eigenvalue weighted by molar-refractivity contribution is 0.132. The van der Waals surface area contributed by atoms with Crippen LogP contribution in [0.15, 0.2) is 36.8 Å². The molecule has 1 aromatic carbocycles. The zero-order valence-corrected chi connectivity index (χ0v) is 13.3. The van der Waals surface area contributed by atoms with Crippen LogP contribution in [0.25, 0.3) is 16.7 Å². The highest BCUT2D eigenvalue weighted by Gasteiger charge is 2.26. The molecular formula is C17H18FN5O. The third kappa shape index (κ3) is 2.50. The summed E-state index contributed by atoms with van der Waals surface area (Å²) < 4.78 is 15.6. The second kappa shape index (κ2) is 5.83. The smallest absolute Gasteiger partial charge is 0.168 e. The number of nitrogens with zero attached hydrogens (tertiary/aromatic N) is 5. The highest BCUT2D eigenvalue weighted by atomic mass is 19.1. The van der Waals surface area contributed by atoms with E-state index in [-0.39, 0.29) is 11.9 Å². The summed E-state index contributed by atoms with van der Waals surface area (Å²) in [6, 6.07) is 6.46. The Hall–Kier alpha value is -2.54. The molecule has 0 amide bonds. The topological polar surface area (TPSA) is 67.1 Å². The third-order valence-electron chi connectivity index (χ3n) is 4.36. The lowest BCUT2D eigenvalue weighted by atomic mass is 9.98. The fourth-order valence-corrected chi connectivity index (χ4v) is 3.38. The molecule has 0 aliphatic carbocycles. The number of fused-ring (bicyclic) bond motifs is 1. The average Bonchev–Trinajstić information content (AvgIpc) is 2.98. The van der Waals surface area contributed by atoms with Crippen LogP contribution in [0.3, 0.4) is 0 Å². The number of anilines is 1. The van der Waals surface area contributed by atoms with Crippen LogP contribution in [0.2, 0.25) is 0 Å². The van der Waals surface area contributed by atoms with E-state index in [4.69, 9.17) is 0 Å². The van der Waals surface area contributed by atoms with Crippen LogP contribution in [0.4, 0.5) is 10.2 Å². The van der Waals surface area contributed by atoms with Crippen molar-refractivity contribution in [3.8, 4) is 5.69 Å². The van der Waals surface area contributed by atoms with Gasteiger partial charge in [0.1, 0.15) is 23.6 Å². The molecule has 3 aromatic rings. The number of benzene rings is 1. The van der Waals surface area contributed by atoms with Gasteiger partial charge < -0.3 is 10.0 Å². The predicted octanol–water partition coefficient (Wildman–Crippen LogP) is 2.16. The maximum atomic E-state index is 14.1. The zero-order valence-electron chi connectivity index (χ0n) is 13.3. The van der Waals surface area contributed by atoms with Crippen LogP contribution in [-0.2, 0) is 0 Å². The molecule has 0 radical (unpaired) electrons. The van der Waals surface area contributed by atoms with E-state index in [1.165, 1.54) is 17.1 Å². The van der Waals surface area contributed by atoms with Crippen molar-refractivity contribution < 1.29 is 9.50 Å². The van der Waals surface area contributed by atoms with Crippen LogP contribution in [-0.4, -0.2) is 44.0 Å². The van der Waals surface area contributed by atoms with Crippen LogP contribution < -0.4 is 4.90 Å². The Morgan fingerprint density at radius 2 is 2.04 bits per heavy atom. The summed E-state index contributed by atoms with van der Waals surface area (Å²) in [7, 11) is 0. The van der Waals surface area contributed by atoms with Gasteiger partial charge in [0.15, 0.2) is 5.65 Å². The first kappa shape index (κ1) is 15.0. The summed E-state index contributed by atoms with van der Waals surface area (Å²) >= 11 is 0. The van der Waals surface area contributed by atoms with Gasteiger partial charge in [-0.2, -0.15) is 5.10 Å². The highest BCUT2D eigenvalue weighted by Crippen LogP contribution is 2.28. The van der Waals surface area contributed by atoms with Crippen molar-refractivity contribution in [2.24, 2.45) is 5.92 Å². The molecule has 1 saturated heterocycles. The van der Waals surface area contributed by atoms with Gasteiger partial charge in [0.25, 0.3) is 0 Å². The normalized spacial score (nSPS) is 21.4. The molecule has 0 unspecified atom stereocenters. The predicted molar refractivity (Wildman–Crippen MR) is 88.6 cm³/mol. The molecule has 4 rings (SSSR count). The number of piperidine rings is 1. The number of aliphatic hydroxyl groups is 1. The Morgan fingerprint density at radius 1 is 1.21 bits per heavy atom. The van der Waals surface area contributed by atoms with E-state index in [2.05, 4.69) is 26.9 Å². The molecule has 124 valence electrons. The van der Waals surface area contributed by atoms with Crippen LogP contribution >= 0.6 is 0 Å². The maximum absolute atomic E-state index is 14.1. The fraction of sp³-hybridized carbons (Fsp3) is 0.353. The number of hydrogen-bond donors (Lipinski definition) is 1. The van der Waals surface area contributed by atoms with E-state index in [9.17, 15) is 9.50 Å². The van der Waals surface area contributed by atoms with Crippen molar-refractivity contribution in [2.75, 3.05) is 18.0 Å². The minimum absolute atomic E-state index is 0.351.